The molecule has 2 N–H and O–H groups in total. The molecule has 14 heavy (non-hydrogen) atoms. The lowest BCUT2D eigenvalue weighted by atomic mass is 9.83. The van der Waals surface area contributed by atoms with E-state index in [4.69, 9.17) is 5.73 Å². The average molecular weight is 197 g/mol. The van der Waals surface area contributed by atoms with Crippen LogP contribution in [-0.2, 0) is 12.7 Å². The van der Waals surface area contributed by atoms with Crippen molar-refractivity contribution in [2.24, 2.45) is 12.8 Å². The predicted octanol–water partition coefficient (Wildman–Crippen LogP) is 1.49. The largest absolute Gasteiger partial charge is 0.335 e. The van der Waals surface area contributed by atoms with Crippen LogP contribution in [0.2, 0.25) is 0 Å². The second-order valence-electron chi connectivity index (χ2n) is 4.18. The van der Waals surface area contributed by atoms with Gasteiger partial charge in [0.1, 0.15) is 5.82 Å². The van der Waals surface area contributed by atoms with Gasteiger partial charge in [0.2, 0.25) is 0 Å². The Morgan fingerprint density at radius 2 is 2.50 bits per heavy atom. The number of rotatable bonds is 1. The van der Waals surface area contributed by atoms with Crippen LogP contribution in [0, 0.1) is 0 Å². The summed E-state index contributed by atoms with van der Waals surface area (Å²) in [6, 6.07) is -0.0227. The summed E-state index contributed by atoms with van der Waals surface area (Å²) in [7, 11) is 1.82. The minimum atomic E-state index is -1.31. The molecule has 3 nitrogen and oxygen atoms in total. The Kier molecular flexibility index (Phi) is 2.31. The van der Waals surface area contributed by atoms with E-state index in [1.807, 2.05) is 7.05 Å². The Morgan fingerprint density at radius 1 is 1.71 bits per heavy atom. The van der Waals surface area contributed by atoms with Gasteiger partial charge >= 0.3 is 0 Å². The van der Waals surface area contributed by atoms with Gasteiger partial charge in [-0.1, -0.05) is 0 Å². The Bertz CT molecular complexity index is 323. The molecule has 1 fully saturated rings. The molecule has 2 rings (SSSR count). The molecule has 0 amide bonds. The van der Waals surface area contributed by atoms with Gasteiger partial charge in [0, 0.05) is 31.9 Å². The van der Waals surface area contributed by atoms with Gasteiger partial charge in [0.15, 0.2) is 5.67 Å². The van der Waals surface area contributed by atoms with Crippen LogP contribution < -0.4 is 5.73 Å². The SMILES string of the molecule is Cn1ccnc1C1(F)CCCC(N)C1. The van der Waals surface area contributed by atoms with Crippen molar-refractivity contribution >= 4 is 0 Å². The normalized spacial score (nSPS) is 33.2. The first-order valence-electron chi connectivity index (χ1n) is 5.04. The fourth-order valence-corrected chi connectivity index (χ4v) is 2.26. The molecular weight excluding hydrogens is 181 g/mol. The maximum Gasteiger partial charge on any atom is 0.169 e. The van der Waals surface area contributed by atoms with Gasteiger partial charge in [-0.2, -0.15) is 0 Å². The molecule has 1 aliphatic carbocycles. The van der Waals surface area contributed by atoms with E-state index < -0.39 is 5.67 Å². The van der Waals surface area contributed by atoms with Crippen LogP contribution in [0.25, 0.3) is 0 Å². The predicted molar refractivity (Wildman–Crippen MR) is 52.4 cm³/mol. The Balaban J connectivity index is 2.27. The average Bonchev–Trinajstić information content (AvgIpc) is 2.51. The van der Waals surface area contributed by atoms with Gasteiger partial charge in [-0.3, -0.25) is 0 Å². The second-order valence-corrected chi connectivity index (χ2v) is 4.18. The summed E-state index contributed by atoms with van der Waals surface area (Å²) < 4.78 is 16.2. The van der Waals surface area contributed by atoms with Crippen LogP contribution in [-0.4, -0.2) is 15.6 Å². The first kappa shape index (κ1) is 9.65. The van der Waals surface area contributed by atoms with Crippen molar-refractivity contribution in [1.82, 2.24) is 9.55 Å². The summed E-state index contributed by atoms with van der Waals surface area (Å²) in [6.07, 6.45) is 6.14. The van der Waals surface area contributed by atoms with Crippen LogP contribution in [0.4, 0.5) is 4.39 Å². The smallest absolute Gasteiger partial charge is 0.169 e. The van der Waals surface area contributed by atoms with E-state index in [9.17, 15) is 4.39 Å². The fraction of sp³-hybridized carbons (Fsp3) is 0.700. The number of nitrogens with two attached hydrogens (primary N) is 1. The van der Waals surface area contributed by atoms with Crippen molar-refractivity contribution in [3.05, 3.63) is 18.2 Å². The third kappa shape index (κ3) is 1.54. The van der Waals surface area contributed by atoms with Gasteiger partial charge in [0.05, 0.1) is 0 Å². The molecule has 4 heteroatoms. The molecule has 1 saturated carbocycles. The number of alkyl halides is 1. The molecule has 1 heterocycles. The van der Waals surface area contributed by atoms with E-state index in [2.05, 4.69) is 4.98 Å². The van der Waals surface area contributed by atoms with E-state index in [0.29, 0.717) is 18.7 Å². The minimum absolute atomic E-state index is 0.0227. The standard InChI is InChI=1S/C10H16FN3/c1-14-6-5-13-9(14)10(11)4-2-3-8(12)7-10/h5-6,8H,2-4,7,12H2,1H3. The van der Waals surface area contributed by atoms with Crippen molar-refractivity contribution in [2.45, 2.75) is 37.4 Å². The first-order chi connectivity index (χ1) is 6.62. The molecule has 2 atom stereocenters. The number of aromatic nitrogens is 2. The van der Waals surface area contributed by atoms with Crippen molar-refractivity contribution in [3.8, 4) is 0 Å². The highest BCUT2D eigenvalue weighted by Gasteiger charge is 2.39. The minimum Gasteiger partial charge on any atom is -0.335 e. The number of halogens is 1. The quantitative estimate of drug-likeness (QED) is 0.741. The fourth-order valence-electron chi connectivity index (χ4n) is 2.26. The number of imidazole rings is 1. The summed E-state index contributed by atoms with van der Waals surface area (Å²) in [6.45, 7) is 0. The summed E-state index contributed by atoms with van der Waals surface area (Å²) in [5.74, 6) is 0.521. The van der Waals surface area contributed by atoms with Gasteiger partial charge < -0.3 is 10.3 Å². The molecule has 0 bridgehead atoms. The summed E-state index contributed by atoms with van der Waals surface area (Å²) >= 11 is 0. The third-order valence-corrected chi connectivity index (χ3v) is 2.96. The molecule has 1 aromatic rings. The molecule has 0 radical (unpaired) electrons. The van der Waals surface area contributed by atoms with E-state index in [-0.39, 0.29) is 6.04 Å². The van der Waals surface area contributed by atoms with Gasteiger partial charge in [-0.15, -0.1) is 0 Å². The van der Waals surface area contributed by atoms with Crippen molar-refractivity contribution in [3.63, 3.8) is 0 Å². The maximum absolute atomic E-state index is 14.5. The summed E-state index contributed by atoms with van der Waals surface area (Å²) in [5.41, 5.74) is 4.48. The number of hydrogen-bond acceptors (Lipinski definition) is 2. The Labute approximate surface area is 83.1 Å². The monoisotopic (exact) mass is 197 g/mol. The van der Waals surface area contributed by atoms with Gasteiger partial charge in [-0.25, -0.2) is 9.37 Å². The Morgan fingerprint density at radius 3 is 3.07 bits per heavy atom. The topological polar surface area (TPSA) is 43.8 Å². The third-order valence-electron chi connectivity index (χ3n) is 2.96. The molecule has 2 unspecified atom stereocenters. The highest BCUT2D eigenvalue weighted by Crippen LogP contribution is 2.39. The van der Waals surface area contributed by atoms with E-state index in [0.717, 1.165) is 12.8 Å². The molecule has 1 aromatic heterocycles. The molecule has 0 aliphatic heterocycles. The van der Waals surface area contributed by atoms with Gasteiger partial charge in [0.25, 0.3) is 0 Å². The van der Waals surface area contributed by atoms with Crippen LogP contribution in [0.3, 0.4) is 0 Å². The highest BCUT2D eigenvalue weighted by molar-refractivity contribution is 5.07. The second kappa shape index (κ2) is 3.35. The van der Waals surface area contributed by atoms with Crippen molar-refractivity contribution in [1.29, 1.82) is 0 Å². The molecule has 0 aromatic carbocycles. The molecule has 1 aliphatic rings. The number of aryl methyl sites for hydroxylation is 1. The highest BCUT2D eigenvalue weighted by atomic mass is 19.1. The van der Waals surface area contributed by atoms with Crippen LogP contribution >= 0.6 is 0 Å². The van der Waals surface area contributed by atoms with Crippen LogP contribution in [0.5, 0.6) is 0 Å². The zero-order chi connectivity index (χ0) is 10.2. The summed E-state index contributed by atoms with van der Waals surface area (Å²) in [4.78, 5) is 4.08. The molecular formula is C10H16FN3. The Hall–Kier alpha value is -0.900. The number of nitrogens with zero attached hydrogens (tertiary/aromatic N) is 2. The van der Waals surface area contributed by atoms with Crippen molar-refractivity contribution < 1.29 is 4.39 Å². The molecule has 0 saturated heterocycles. The zero-order valence-electron chi connectivity index (χ0n) is 8.41. The van der Waals surface area contributed by atoms with Crippen molar-refractivity contribution in [2.75, 3.05) is 0 Å². The van der Waals surface area contributed by atoms with Crippen LogP contribution in [0.15, 0.2) is 12.4 Å². The summed E-state index contributed by atoms with van der Waals surface area (Å²) in [5, 5.41) is 0. The first-order valence-corrected chi connectivity index (χ1v) is 5.04. The van der Waals surface area contributed by atoms with Gasteiger partial charge in [-0.05, 0) is 19.3 Å². The molecule has 78 valence electrons. The van der Waals surface area contributed by atoms with E-state index in [1.165, 1.54) is 0 Å². The zero-order valence-corrected chi connectivity index (χ0v) is 8.41. The number of hydrogen-bond donors (Lipinski definition) is 1. The lowest BCUT2D eigenvalue weighted by Gasteiger charge is -2.32. The molecule has 0 spiro atoms. The maximum atomic E-state index is 14.5. The lowest BCUT2D eigenvalue weighted by Crippen LogP contribution is -2.37. The lowest BCUT2D eigenvalue weighted by molar-refractivity contribution is 0.0815. The van der Waals surface area contributed by atoms with E-state index in [1.54, 1.807) is 17.0 Å². The van der Waals surface area contributed by atoms with Crippen LogP contribution in [0.1, 0.15) is 31.5 Å². The van der Waals surface area contributed by atoms with E-state index >= 15 is 0 Å².